The topological polar surface area (TPSA) is 0 Å². The second-order valence-corrected chi connectivity index (χ2v) is 5.00. The van der Waals surface area contributed by atoms with E-state index < -0.39 is 0 Å². The van der Waals surface area contributed by atoms with Crippen LogP contribution in [0, 0.1) is 11.8 Å². The summed E-state index contributed by atoms with van der Waals surface area (Å²) in [7, 11) is 0. The summed E-state index contributed by atoms with van der Waals surface area (Å²) in [6.07, 6.45) is 12.2. The first-order valence-corrected chi connectivity index (χ1v) is 6.38. The van der Waals surface area contributed by atoms with Crippen molar-refractivity contribution in [2.24, 2.45) is 11.8 Å². The molecule has 0 aromatic rings. The average Bonchev–Trinajstić information content (AvgIpc) is 2.10. The molecule has 0 fully saturated rings. The molecule has 0 aromatic carbocycles. The van der Waals surface area contributed by atoms with E-state index in [0.717, 1.165) is 0 Å². The molecule has 0 bridgehead atoms. The maximum absolute atomic E-state index is 2.38. The number of allylic oxidation sites excluding steroid dienone is 4. The molecule has 88 valence electrons. The van der Waals surface area contributed by atoms with Crippen molar-refractivity contribution in [2.75, 3.05) is 0 Å². The molecule has 0 N–H and O–H groups in total. The van der Waals surface area contributed by atoms with Gasteiger partial charge in [0.1, 0.15) is 0 Å². The van der Waals surface area contributed by atoms with E-state index in [0.29, 0.717) is 11.8 Å². The third-order valence-electron chi connectivity index (χ3n) is 2.55. The predicted molar refractivity (Wildman–Crippen MR) is 71.0 cm³/mol. The molecule has 0 nitrogen and oxygen atoms in total. The molecular formula is C15H28. The van der Waals surface area contributed by atoms with Crippen LogP contribution < -0.4 is 0 Å². The third kappa shape index (κ3) is 9.78. The quantitative estimate of drug-likeness (QED) is 0.390. The van der Waals surface area contributed by atoms with Gasteiger partial charge < -0.3 is 0 Å². The van der Waals surface area contributed by atoms with Crippen LogP contribution in [-0.2, 0) is 0 Å². The van der Waals surface area contributed by atoms with Gasteiger partial charge in [-0.1, -0.05) is 57.4 Å². The SMILES string of the molecule is CCCCC=CC(C)CC(C)C=C(C)C. The zero-order chi connectivity index (χ0) is 11.7. The molecule has 2 unspecified atom stereocenters. The summed E-state index contributed by atoms with van der Waals surface area (Å²) in [5.74, 6) is 1.42. The Bertz CT molecular complexity index is 194. The molecule has 0 spiro atoms. The summed E-state index contributed by atoms with van der Waals surface area (Å²) < 4.78 is 0. The van der Waals surface area contributed by atoms with E-state index in [4.69, 9.17) is 0 Å². The molecule has 0 heteroatoms. The minimum atomic E-state index is 0.709. The van der Waals surface area contributed by atoms with E-state index in [1.165, 1.54) is 31.3 Å². The minimum Gasteiger partial charge on any atom is -0.0883 e. The van der Waals surface area contributed by atoms with E-state index >= 15 is 0 Å². The largest absolute Gasteiger partial charge is 0.0883 e. The molecular weight excluding hydrogens is 180 g/mol. The van der Waals surface area contributed by atoms with Crippen molar-refractivity contribution >= 4 is 0 Å². The van der Waals surface area contributed by atoms with Crippen LogP contribution in [-0.4, -0.2) is 0 Å². The van der Waals surface area contributed by atoms with E-state index in [1.54, 1.807) is 0 Å². The molecule has 0 aliphatic heterocycles. The molecule has 2 atom stereocenters. The molecule has 0 saturated carbocycles. The second-order valence-electron chi connectivity index (χ2n) is 5.00. The number of unbranched alkanes of at least 4 members (excludes halogenated alkanes) is 2. The Kier molecular flexibility index (Phi) is 8.46. The molecule has 0 aromatic heterocycles. The average molecular weight is 208 g/mol. The van der Waals surface area contributed by atoms with Gasteiger partial charge in [-0.15, -0.1) is 0 Å². The number of hydrogen-bond donors (Lipinski definition) is 0. The van der Waals surface area contributed by atoms with Crippen molar-refractivity contribution in [1.29, 1.82) is 0 Å². The van der Waals surface area contributed by atoms with Crippen molar-refractivity contribution in [3.63, 3.8) is 0 Å². The number of rotatable bonds is 7. The second kappa shape index (κ2) is 8.76. The first kappa shape index (κ1) is 14.5. The lowest BCUT2D eigenvalue weighted by molar-refractivity contribution is 0.540. The third-order valence-corrected chi connectivity index (χ3v) is 2.55. The van der Waals surface area contributed by atoms with E-state index in [9.17, 15) is 0 Å². The van der Waals surface area contributed by atoms with Crippen LogP contribution in [0.3, 0.4) is 0 Å². The summed E-state index contributed by atoms with van der Waals surface area (Å²) in [5, 5.41) is 0. The normalized spacial score (nSPS) is 15.3. The van der Waals surface area contributed by atoms with Gasteiger partial charge in [0.05, 0.1) is 0 Å². The van der Waals surface area contributed by atoms with E-state index in [2.05, 4.69) is 52.8 Å². The van der Waals surface area contributed by atoms with E-state index in [-0.39, 0.29) is 0 Å². The summed E-state index contributed by atoms with van der Waals surface area (Å²) in [6, 6.07) is 0. The summed E-state index contributed by atoms with van der Waals surface area (Å²) >= 11 is 0. The van der Waals surface area contributed by atoms with Gasteiger partial charge in [-0.25, -0.2) is 0 Å². The van der Waals surface area contributed by atoms with Crippen molar-refractivity contribution in [1.82, 2.24) is 0 Å². The highest BCUT2D eigenvalue weighted by atomic mass is 14.1. The van der Waals surface area contributed by atoms with Gasteiger partial charge in [0.15, 0.2) is 0 Å². The van der Waals surface area contributed by atoms with Crippen LogP contribution >= 0.6 is 0 Å². The highest BCUT2D eigenvalue weighted by molar-refractivity contribution is 4.98. The Morgan fingerprint density at radius 3 is 2.33 bits per heavy atom. The Morgan fingerprint density at radius 1 is 1.13 bits per heavy atom. The molecule has 0 saturated heterocycles. The monoisotopic (exact) mass is 208 g/mol. The van der Waals surface area contributed by atoms with Crippen LogP contribution in [0.15, 0.2) is 23.8 Å². The first-order valence-electron chi connectivity index (χ1n) is 6.38. The smallest absolute Gasteiger partial charge is 0.0254 e. The summed E-state index contributed by atoms with van der Waals surface area (Å²) in [4.78, 5) is 0. The lowest BCUT2D eigenvalue weighted by atomic mass is 9.95. The molecule has 0 rings (SSSR count). The molecule has 0 heterocycles. The zero-order valence-electron chi connectivity index (χ0n) is 11.2. The zero-order valence-corrected chi connectivity index (χ0v) is 11.2. The van der Waals surface area contributed by atoms with Crippen LogP contribution in [0.1, 0.15) is 60.3 Å². The summed E-state index contributed by atoms with van der Waals surface area (Å²) in [6.45, 7) is 11.2. The Morgan fingerprint density at radius 2 is 1.80 bits per heavy atom. The van der Waals surface area contributed by atoms with Crippen molar-refractivity contribution in [3.8, 4) is 0 Å². The lowest BCUT2D eigenvalue weighted by Gasteiger charge is -2.11. The fraction of sp³-hybridized carbons (Fsp3) is 0.733. The first-order chi connectivity index (χ1) is 7.06. The summed E-state index contributed by atoms with van der Waals surface area (Å²) in [5.41, 5.74) is 1.43. The van der Waals surface area contributed by atoms with Crippen LogP contribution in [0.5, 0.6) is 0 Å². The highest BCUT2D eigenvalue weighted by Gasteiger charge is 2.02. The van der Waals surface area contributed by atoms with Gasteiger partial charge in [-0.3, -0.25) is 0 Å². The fourth-order valence-corrected chi connectivity index (χ4v) is 1.95. The molecule has 0 aliphatic carbocycles. The lowest BCUT2D eigenvalue weighted by Crippen LogP contribution is -1.98. The van der Waals surface area contributed by atoms with Gasteiger partial charge in [0, 0.05) is 0 Å². The molecule has 0 radical (unpaired) electrons. The van der Waals surface area contributed by atoms with Gasteiger partial charge in [-0.05, 0) is 38.5 Å². The standard InChI is InChI=1S/C15H28/c1-6-7-8-9-10-14(4)12-15(5)11-13(2)3/h9-11,14-15H,6-8,12H2,1-5H3. The maximum atomic E-state index is 2.38. The highest BCUT2D eigenvalue weighted by Crippen LogP contribution is 2.16. The number of hydrogen-bond acceptors (Lipinski definition) is 0. The van der Waals surface area contributed by atoms with E-state index in [1.807, 2.05) is 0 Å². The minimum absolute atomic E-state index is 0.709. The van der Waals surface area contributed by atoms with Gasteiger partial charge in [-0.2, -0.15) is 0 Å². The van der Waals surface area contributed by atoms with Crippen molar-refractivity contribution < 1.29 is 0 Å². The van der Waals surface area contributed by atoms with Crippen molar-refractivity contribution in [2.45, 2.75) is 60.3 Å². The Balaban J connectivity index is 3.77. The molecule has 0 amide bonds. The maximum Gasteiger partial charge on any atom is -0.0254 e. The Labute approximate surface area is 96.5 Å². The van der Waals surface area contributed by atoms with Crippen LogP contribution in [0.2, 0.25) is 0 Å². The van der Waals surface area contributed by atoms with Crippen molar-refractivity contribution in [3.05, 3.63) is 23.8 Å². The van der Waals surface area contributed by atoms with Gasteiger partial charge in [0.2, 0.25) is 0 Å². The van der Waals surface area contributed by atoms with Gasteiger partial charge >= 0.3 is 0 Å². The predicted octanol–water partition coefficient (Wildman–Crippen LogP) is 5.36. The fourth-order valence-electron chi connectivity index (χ4n) is 1.95. The van der Waals surface area contributed by atoms with Crippen LogP contribution in [0.4, 0.5) is 0 Å². The molecule has 15 heavy (non-hydrogen) atoms. The Hall–Kier alpha value is -0.520. The molecule has 0 aliphatic rings. The van der Waals surface area contributed by atoms with Crippen LogP contribution in [0.25, 0.3) is 0 Å². The van der Waals surface area contributed by atoms with Gasteiger partial charge in [0.25, 0.3) is 0 Å².